The molecule has 0 saturated heterocycles. The van der Waals surface area contributed by atoms with E-state index in [1.807, 2.05) is 0 Å². The topological polar surface area (TPSA) is 0 Å². The molecule has 1 aromatic carbocycles. The van der Waals surface area contributed by atoms with E-state index in [9.17, 15) is 0 Å². The maximum atomic E-state index is 2.24. The molecule has 2 heterocycles. The summed E-state index contributed by atoms with van der Waals surface area (Å²) in [6.07, 6.45) is 0. The quantitative estimate of drug-likeness (QED) is 0.474. The number of benzene rings is 1. The maximum absolute atomic E-state index is 2.24. The summed E-state index contributed by atoms with van der Waals surface area (Å²) in [7, 11) is 4.48. The van der Waals surface area contributed by atoms with Gasteiger partial charge >= 0.3 is 0 Å². The van der Waals surface area contributed by atoms with Crippen LogP contribution in [0.4, 0.5) is 5.69 Å². The van der Waals surface area contributed by atoms with Gasteiger partial charge in [0.25, 0.3) is 0 Å². The molecule has 2 aliphatic heterocycles. The zero-order valence-electron chi connectivity index (χ0n) is 6.46. The lowest BCUT2D eigenvalue weighted by atomic mass is 10.1. The Morgan fingerprint density at radius 1 is 1.10 bits per heavy atom. The van der Waals surface area contributed by atoms with Gasteiger partial charge in [-0.15, -0.1) is 0 Å². The maximum Gasteiger partial charge on any atom is 0.132 e. The molecular formula is C9H12N+. The van der Waals surface area contributed by atoms with Crippen molar-refractivity contribution in [3.05, 3.63) is 29.8 Å². The molecule has 0 aromatic heterocycles. The van der Waals surface area contributed by atoms with Crippen molar-refractivity contribution < 1.29 is 0 Å². The van der Waals surface area contributed by atoms with E-state index < -0.39 is 0 Å². The van der Waals surface area contributed by atoms with Crippen LogP contribution in [0.5, 0.6) is 0 Å². The summed E-state index contributed by atoms with van der Waals surface area (Å²) < 4.78 is 1.02. The summed E-state index contributed by atoms with van der Waals surface area (Å²) in [5, 5.41) is 0. The fraction of sp³-hybridized carbons (Fsp3) is 0.333. The number of quaternary nitrogens is 1. The van der Waals surface area contributed by atoms with Gasteiger partial charge < -0.3 is 0 Å². The third kappa shape index (κ3) is 0.673. The highest BCUT2D eigenvalue weighted by Gasteiger charge is 2.23. The van der Waals surface area contributed by atoms with Gasteiger partial charge in [0.1, 0.15) is 12.2 Å². The molecule has 1 nitrogen and oxygen atoms in total. The van der Waals surface area contributed by atoms with Crippen LogP contribution < -0.4 is 4.48 Å². The van der Waals surface area contributed by atoms with Crippen molar-refractivity contribution in [3.63, 3.8) is 0 Å². The zero-order chi connectivity index (χ0) is 7.19. The Labute approximate surface area is 61.5 Å². The molecule has 0 unspecified atom stereocenters. The number of hydrogen-bond acceptors (Lipinski definition) is 0. The van der Waals surface area contributed by atoms with Gasteiger partial charge in [-0.1, -0.05) is 0 Å². The smallest absolute Gasteiger partial charge is 0.132 e. The van der Waals surface area contributed by atoms with E-state index in [0.717, 1.165) is 11.0 Å². The standard InChI is InChI=1S/C9H12N/c1-10(2)7-8-3-5-9(10)6-4-8/h3-6H,7H2,1-2H3/q+1. The highest BCUT2D eigenvalue weighted by Crippen LogP contribution is 2.27. The van der Waals surface area contributed by atoms with Crippen LogP contribution in [0.25, 0.3) is 0 Å². The van der Waals surface area contributed by atoms with Crippen molar-refractivity contribution in [1.82, 2.24) is 4.48 Å². The van der Waals surface area contributed by atoms with Gasteiger partial charge in [0.2, 0.25) is 0 Å². The van der Waals surface area contributed by atoms with E-state index in [0.29, 0.717) is 0 Å². The van der Waals surface area contributed by atoms with Crippen LogP contribution in [0.2, 0.25) is 0 Å². The second-order valence-electron chi connectivity index (χ2n) is 3.51. The molecule has 2 aliphatic rings. The predicted molar refractivity (Wildman–Crippen MR) is 43.8 cm³/mol. The molecule has 3 rings (SSSR count). The van der Waals surface area contributed by atoms with E-state index in [1.165, 1.54) is 11.3 Å². The first-order chi connectivity index (χ1) is 4.68. The minimum atomic E-state index is 1.02. The van der Waals surface area contributed by atoms with Crippen LogP contribution >= 0.6 is 0 Å². The molecule has 2 bridgehead atoms. The van der Waals surface area contributed by atoms with Crippen LogP contribution in [-0.4, -0.2) is 14.1 Å². The van der Waals surface area contributed by atoms with E-state index in [1.54, 1.807) is 0 Å². The molecule has 1 aromatic rings. The Morgan fingerprint density at radius 2 is 1.70 bits per heavy atom. The molecule has 0 atom stereocenters. The molecule has 0 amide bonds. The summed E-state index contributed by atoms with van der Waals surface area (Å²) in [4.78, 5) is 0. The van der Waals surface area contributed by atoms with Gasteiger partial charge in [-0.25, -0.2) is 0 Å². The fourth-order valence-corrected chi connectivity index (χ4v) is 1.55. The first-order valence-corrected chi connectivity index (χ1v) is 3.61. The third-order valence-electron chi connectivity index (χ3n) is 2.21. The van der Waals surface area contributed by atoms with Crippen molar-refractivity contribution in [2.75, 3.05) is 14.1 Å². The van der Waals surface area contributed by atoms with Crippen LogP contribution in [0.15, 0.2) is 24.3 Å². The van der Waals surface area contributed by atoms with Crippen LogP contribution in [0.3, 0.4) is 0 Å². The molecule has 1 heteroatoms. The van der Waals surface area contributed by atoms with Gasteiger partial charge in [-0.2, -0.15) is 0 Å². The Morgan fingerprint density at radius 3 is 1.90 bits per heavy atom. The lowest BCUT2D eigenvalue weighted by molar-refractivity contribution is 0.382. The van der Waals surface area contributed by atoms with E-state index >= 15 is 0 Å². The molecule has 0 aliphatic carbocycles. The van der Waals surface area contributed by atoms with E-state index in [-0.39, 0.29) is 0 Å². The second kappa shape index (κ2) is 1.61. The van der Waals surface area contributed by atoms with Crippen molar-refractivity contribution >= 4 is 5.69 Å². The third-order valence-corrected chi connectivity index (χ3v) is 2.21. The first kappa shape index (κ1) is 5.93. The van der Waals surface area contributed by atoms with Gasteiger partial charge in [-0.3, -0.25) is 4.48 Å². The Hall–Kier alpha value is -0.820. The second-order valence-corrected chi connectivity index (χ2v) is 3.51. The highest BCUT2D eigenvalue weighted by atomic mass is 15.3. The summed E-state index contributed by atoms with van der Waals surface area (Å²) in [6.45, 7) is 1.16. The molecule has 0 saturated carbocycles. The first-order valence-electron chi connectivity index (χ1n) is 3.61. The average molecular weight is 134 g/mol. The number of hydrogen-bond donors (Lipinski definition) is 0. The minimum Gasteiger partial charge on any atom is -0.292 e. The van der Waals surface area contributed by atoms with Crippen LogP contribution in [0, 0.1) is 0 Å². The summed E-state index contributed by atoms with van der Waals surface area (Å²) in [5.41, 5.74) is 2.86. The summed E-state index contributed by atoms with van der Waals surface area (Å²) in [6, 6.07) is 8.83. The normalized spacial score (nSPS) is 19.4. The van der Waals surface area contributed by atoms with E-state index in [4.69, 9.17) is 0 Å². The van der Waals surface area contributed by atoms with Gasteiger partial charge in [0.05, 0.1) is 14.1 Å². The Kier molecular flexibility index (Phi) is 0.955. The molecule has 0 spiro atoms. The van der Waals surface area contributed by atoms with Crippen molar-refractivity contribution in [1.29, 1.82) is 0 Å². The summed E-state index contributed by atoms with van der Waals surface area (Å²) in [5.74, 6) is 0. The largest absolute Gasteiger partial charge is 0.292 e. The van der Waals surface area contributed by atoms with Gasteiger partial charge in [-0.05, 0) is 24.3 Å². The lowest BCUT2D eigenvalue weighted by Crippen LogP contribution is -2.41. The summed E-state index contributed by atoms with van der Waals surface area (Å²) >= 11 is 0. The SMILES string of the molecule is C[N+]1(C)Cc2ccc1cc2. The van der Waals surface area contributed by atoms with Crippen molar-refractivity contribution in [3.8, 4) is 0 Å². The molecular weight excluding hydrogens is 122 g/mol. The molecule has 10 heavy (non-hydrogen) atoms. The lowest BCUT2D eigenvalue weighted by Gasteiger charge is -2.33. The molecule has 0 radical (unpaired) electrons. The molecule has 0 N–H and O–H groups in total. The number of fused-ring (bicyclic) bond motifs is 3. The van der Waals surface area contributed by atoms with Crippen LogP contribution in [0.1, 0.15) is 5.56 Å². The fourth-order valence-electron chi connectivity index (χ4n) is 1.55. The monoisotopic (exact) mass is 134 g/mol. The molecule has 52 valence electrons. The Bertz CT molecular complexity index is 246. The van der Waals surface area contributed by atoms with E-state index in [2.05, 4.69) is 38.4 Å². The highest BCUT2D eigenvalue weighted by molar-refractivity contribution is 5.48. The average Bonchev–Trinajstić information content (AvgIpc) is 1.87. The van der Waals surface area contributed by atoms with Gasteiger partial charge in [0, 0.05) is 5.56 Å². The Balaban J connectivity index is 2.61. The zero-order valence-corrected chi connectivity index (χ0v) is 6.46. The van der Waals surface area contributed by atoms with Crippen molar-refractivity contribution in [2.45, 2.75) is 6.54 Å². The predicted octanol–water partition coefficient (Wildman–Crippen LogP) is 1.77. The number of nitrogens with zero attached hydrogens (tertiary/aromatic N) is 1. The number of rotatable bonds is 0. The van der Waals surface area contributed by atoms with Crippen LogP contribution in [-0.2, 0) is 6.54 Å². The van der Waals surface area contributed by atoms with Gasteiger partial charge in [0.15, 0.2) is 0 Å². The minimum absolute atomic E-state index is 1.02. The molecule has 0 fully saturated rings. The van der Waals surface area contributed by atoms with Crippen molar-refractivity contribution in [2.24, 2.45) is 0 Å².